The molecule has 22 heavy (non-hydrogen) atoms. The Morgan fingerprint density at radius 2 is 2.05 bits per heavy atom. The van der Waals surface area contributed by atoms with Crippen LogP contribution in [0.3, 0.4) is 0 Å². The molecule has 2 N–H and O–H groups in total. The van der Waals surface area contributed by atoms with Gasteiger partial charge in [0, 0.05) is 41.4 Å². The van der Waals surface area contributed by atoms with Gasteiger partial charge in [0.1, 0.15) is 0 Å². The summed E-state index contributed by atoms with van der Waals surface area (Å²) in [6, 6.07) is 0.427. The first-order chi connectivity index (χ1) is 10.7. The van der Waals surface area contributed by atoms with Crippen LogP contribution in [0.2, 0.25) is 0 Å². The second-order valence-corrected chi connectivity index (χ2v) is 9.37. The third kappa shape index (κ3) is 3.84. The zero-order valence-electron chi connectivity index (χ0n) is 14.1. The van der Waals surface area contributed by atoms with Gasteiger partial charge in [-0.3, -0.25) is 9.20 Å². The number of hydrogen-bond acceptors (Lipinski definition) is 2. The van der Waals surface area contributed by atoms with E-state index in [0.717, 1.165) is 37.0 Å². The Hall–Kier alpha value is -0.580. The third-order valence-corrected chi connectivity index (χ3v) is 7.53. The van der Waals surface area contributed by atoms with Crippen LogP contribution < -0.4 is 10.6 Å². The van der Waals surface area contributed by atoms with Crippen LogP contribution in [0.1, 0.15) is 58.3 Å². The highest BCUT2D eigenvalue weighted by atomic mass is 32.2. The van der Waals surface area contributed by atoms with Gasteiger partial charge in [-0.1, -0.05) is 13.3 Å². The van der Waals surface area contributed by atoms with Crippen LogP contribution in [0, 0.1) is 11.3 Å². The number of hydrogen-bond donors (Lipinski definition) is 2. The van der Waals surface area contributed by atoms with Crippen molar-refractivity contribution < 1.29 is 4.21 Å². The third-order valence-electron chi connectivity index (χ3n) is 5.79. The smallest absolute Gasteiger partial charge is 0.191 e. The maximum atomic E-state index is 12.1. The summed E-state index contributed by atoms with van der Waals surface area (Å²) in [6.45, 7) is 3.11. The van der Waals surface area contributed by atoms with Crippen LogP contribution in [-0.2, 0) is 10.8 Å². The standard InChI is InChI=1S/C17H31N3OS/c1-3-22(21)15-6-4-5-14(11-15)20-16(18-2)19-12-17(9-10-17)13-7-8-13/h13-15H,3-12H2,1-2H3,(H2,18,19,20). The average Bonchev–Trinajstić information content (AvgIpc) is 3.43. The Balaban J connectivity index is 1.46. The summed E-state index contributed by atoms with van der Waals surface area (Å²) in [7, 11) is 1.20. The van der Waals surface area contributed by atoms with E-state index in [0.29, 0.717) is 16.7 Å². The number of nitrogens with one attached hydrogen (secondary N) is 2. The minimum Gasteiger partial charge on any atom is -0.356 e. The van der Waals surface area contributed by atoms with Crippen molar-refractivity contribution in [2.45, 2.75) is 69.6 Å². The topological polar surface area (TPSA) is 53.5 Å². The SMILES string of the molecule is CCS(=O)C1CCCC(NC(=NC)NCC2(C3CC3)CC2)C1. The monoisotopic (exact) mass is 325 g/mol. The predicted molar refractivity (Wildman–Crippen MR) is 93.6 cm³/mol. The molecule has 4 nitrogen and oxygen atoms in total. The van der Waals surface area contributed by atoms with Crippen molar-refractivity contribution in [2.75, 3.05) is 19.3 Å². The number of aliphatic imine (C=N–C) groups is 1. The van der Waals surface area contributed by atoms with E-state index in [2.05, 4.69) is 15.6 Å². The maximum Gasteiger partial charge on any atom is 0.191 e. The van der Waals surface area contributed by atoms with E-state index in [1.807, 2.05) is 14.0 Å². The van der Waals surface area contributed by atoms with E-state index in [9.17, 15) is 4.21 Å². The fraction of sp³-hybridized carbons (Fsp3) is 0.941. The molecular weight excluding hydrogens is 294 g/mol. The van der Waals surface area contributed by atoms with Gasteiger partial charge in [-0.25, -0.2) is 0 Å². The van der Waals surface area contributed by atoms with Crippen LogP contribution in [-0.4, -0.2) is 40.8 Å². The predicted octanol–water partition coefficient (Wildman–Crippen LogP) is 2.42. The van der Waals surface area contributed by atoms with E-state index in [1.54, 1.807) is 0 Å². The Kier molecular flexibility index (Phi) is 5.10. The molecule has 0 radical (unpaired) electrons. The summed E-state index contributed by atoms with van der Waals surface area (Å²) in [5.74, 6) is 2.71. The fourth-order valence-electron chi connectivity index (χ4n) is 3.98. The zero-order valence-corrected chi connectivity index (χ0v) is 14.9. The van der Waals surface area contributed by atoms with E-state index in [1.165, 1.54) is 38.5 Å². The Bertz CT molecular complexity index is 443. The van der Waals surface area contributed by atoms with Gasteiger partial charge in [0.25, 0.3) is 0 Å². The van der Waals surface area contributed by atoms with Crippen LogP contribution in [0.25, 0.3) is 0 Å². The van der Waals surface area contributed by atoms with Gasteiger partial charge in [0.15, 0.2) is 5.96 Å². The van der Waals surface area contributed by atoms with E-state index >= 15 is 0 Å². The molecule has 3 aliphatic carbocycles. The summed E-state index contributed by atoms with van der Waals surface area (Å²) in [4.78, 5) is 4.40. The summed E-state index contributed by atoms with van der Waals surface area (Å²) >= 11 is 0. The Morgan fingerprint density at radius 3 is 2.64 bits per heavy atom. The minimum atomic E-state index is -0.657. The highest BCUT2D eigenvalue weighted by Gasteiger charge is 2.53. The largest absolute Gasteiger partial charge is 0.356 e. The van der Waals surface area contributed by atoms with E-state index in [4.69, 9.17) is 0 Å². The summed E-state index contributed by atoms with van der Waals surface area (Å²) in [5, 5.41) is 7.51. The van der Waals surface area contributed by atoms with Crippen LogP contribution in [0.4, 0.5) is 0 Å². The van der Waals surface area contributed by atoms with Gasteiger partial charge < -0.3 is 10.6 Å². The van der Waals surface area contributed by atoms with E-state index < -0.39 is 10.8 Å². The van der Waals surface area contributed by atoms with Gasteiger partial charge in [0.05, 0.1) is 0 Å². The molecule has 0 aromatic carbocycles. The second kappa shape index (κ2) is 6.90. The normalized spacial score (nSPS) is 32.4. The summed E-state index contributed by atoms with van der Waals surface area (Å²) in [6.07, 6.45) is 10.1. The molecule has 3 atom stereocenters. The molecule has 0 aromatic heterocycles. The Morgan fingerprint density at radius 1 is 1.27 bits per heavy atom. The van der Waals surface area contributed by atoms with Gasteiger partial charge >= 0.3 is 0 Å². The first-order valence-electron chi connectivity index (χ1n) is 9.01. The molecule has 3 saturated carbocycles. The highest BCUT2D eigenvalue weighted by molar-refractivity contribution is 7.85. The minimum absolute atomic E-state index is 0.371. The molecule has 0 saturated heterocycles. The van der Waals surface area contributed by atoms with Crippen LogP contribution in [0.5, 0.6) is 0 Å². The molecule has 3 aliphatic rings. The molecule has 0 heterocycles. The molecule has 126 valence electrons. The number of rotatable bonds is 6. The number of nitrogens with zero attached hydrogens (tertiary/aromatic N) is 1. The molecule has 0 bridgehead atoms. The molecule has 3 unspecified atom stereocenters. The Labute approximate surface area is 137 Å². The molecule has 5 heteroatoms. The quantitative estimate of drug-likeness (QED) is 0.582. The van der Waals surface area contributed by atoms with Gasteiger partial charge in [-0.15, -0.1) is 0 Å². The first-order valence-corrected chi connectivity index (χ1v) is 10.4. The first kappa shape index (κ1) is 16.3. The zero-order chi connectivity index (χ0) is 15.6. The van der Waals surface area contributed by atoms with Gasteiger partial charge in [0.2, 0.25) is 0 Å². The summed E-state index contributed by atoms with van der Waals surface area (Å²) in [5.41, 5.74) is 0.594. The number of guanidine groups is 1. The van der Waals surface area contributed by atoms with Crippen molar-refractivity contribution in [3.05, 3.63) is 0 Å². The lowest BCUT2D eigenvalue weighted by Crippen LogP contribution is -2.48. The van der Waals surface area contributed by atoms with Crippen molar-refractivity contribution in [1.82, 2.24) is 10.6 Å². The molecule has 0 aromatic rings. The molecule has 3 rings (SSSR count). The fourth-order valence-corrected chi connectivity index (χ4v) is 5.33. The summed E-state index contributed by atoms with van der Waals surface area (Å²) < 4.78 is 12.1. The lowest BCUT2D eigenvalue weighted by atomic mass is 9.95. The van der Waals surface area contributed by atoms with E-state index in [-0.39, 0.29) is 0 Å². The maximum absolute atomic E-state index is 12.1. The lowest BCUT2D eigenvalue weighted by Gasteiger charge is -2.30. The van der Waals surface area contributed by atoms with Crippen molar-refractivity contribution >= 4 is 16.8 Å². The van der Waals surface area contributed by atoms with Gasteiger partial charge in [-0.05, 0) is 56.3 Å². The van der Waals surface area contributed by atoms with Crippen LogP contribution in [0.15, 0.2) is 4.99 Å². The lowest BCUT2D eigenvalue weighted by molar-refractivity contribution is 0.403. The molecular formula is C17H31N3OS. The average molecular weight is 326 g/mol. The second-order valence-electron chi connectivity index (χ2n) is 7.36. The highest BCUT2D eigenvalue weighted by Crippen LogP contribution is 2.60. The van der Waals surface area contributed by atoms with Crippen molar-refractivity contribution in [1.29, 1.82) is 0 Å². The molecule has 0 amide bonds. The van der Waals surface area contributed by atoms with Crippen molar-refractivity contribution in [2.24, 2.45) is 16.3 Å². The molecule has 3 fully saturated rings. The molecule has 0 spiro atoms. The van der Waals surface area contributed by atoms with Crippen molar-refractivity contribution in [3.63, 3.8) is 0 Å². The van der Waals surface area contributed by atoms with Crippen molar-refractivity contribution in [3.8, 4) is 0 Å². The molecule has 0 aliphatic heterocycles. The van der Waals surface area contributed by atoms with Gasteiger partial charge in [-0.2, -0.15) is 0 Å². The van der Waals surface area contributed by atoms with Crippen LogP contribution >= 0.6 is 0 Å².